The lowest BCUT2D eigenvalue weighted by atomic mass is 9.67. The van der Waals surface area contributed by atoms with Crippen molar-refractivity contribution in [2.75, 3.05) is 18.4 Å². The van der Waals surface area contributed by atoms with Gasteiger partial charge in [0.1, 0.15) is 5.82 Å². The Morgan fingerprint density at radius 2 is 2.39 bits per heavy atom. The molecule has 0 unspecified atom stereocenters. The molecule has 1 aliphatic carbocycles. The van der Waals surface area contributed by atoms with Crippen LogP contribution in [0.4, 0.5) is 5.82 Å². The number of fused-ring (bicyclic) bond motifs is 1. The van der Waals surface area contributed by atoms with Gasteiger partial charge in [0.05, 0.1) is 5.41 Å². The molecule has 4 heteroatoms. The van der Waals surface area contributed by atoms with E-state index in [1.165, 1.54) is 12.8 Å². The molecular formula is C14H19N3O. The topological polar surface area (TPSA) is 54.0 Å². The molecule has 1 saturated heterocycles. The van der Waals surface area contributed by atoms with Crippen molar-refractivity contribution in [1.82, 2.24) is 10.3 Å². The third kappa shape index (κ3) is 1.90. The van der Waals surface area contributed by atoms with Gasteiger partial charge >= 0.3 is 0 Å². The molecule has 1 aliphatic heterocycles. The molecule has 0 spiro atoms. The average Bonchev–Trinajstić information content (AvgIpc) is 2.85. The highest BCUT2D eigenvalue weighted by Crippen LogP contribution is 2.44. The van der Waals surface area contributed by atoms with E-state index in [2.05, 4.69) is 15.6 Å². The number of pyridine rings is 1. The van der Waals surface area contributed by atoms with Crippen molar-refractivity contribution in [3.8, 4) is 0 Å². The van der Waals surface area contributed by atoms with Gasteiger partial charge in [-0.3, -0.25) is 4.79 Å². The number of amides is 1. The normalized spacial score (nSPS) is 30.8. The largest absolute Gasteiger partial charge is 0.315 e. The van der Waals surface area contributed by atoms with Crippen LogP contribution in [0.3, 0.4) is 0 Å². The number of hydrogen-bond acceptors (Lipinski definition) is 3. The summed E-state index contributed by atoms with van der Waals surface area (Å²) in [4.78, 5) is 16.8. The van der Waals surface area contributed by atoms with E-state index in [4.69, 9.17) is 0 Å². The Balaban J connectivity index is 1.78. The Bertz CT molecular complexity index is 434. The van der Waals surface area contributed by atoms with Crippen molar-refractivity contribution >= 4 is 11.7 Å². The van der Waals surface area contributed by atoms with Gasteiger partial charge in [0.2, 0.25) is 5.91 Å². The van der Waals surface area contributed by atoms with Crippen molar-refractivity contribution < 1.29 is 4.79 Å². The van der Waals surface area contributed by atoms with Crippen LogP contribution in [0.15, 0.2) is 24.4 Å². The van der Waals surface area contributed by atoms with Gasteiger partial charge in [-0.25, -0.2) is 4.98 Å². The number of rotatable bonds is 2. The van der Waals surface area contributed by atoms with Crippen LogP contribution >= 0.6 is 0 Å². The van der Waals surface area contributed by atoms with Crippen LogP contribution in [-0.2, 0) is 4.79 Å². The molecule has 3 rings (SSSR count). The Morgan fingerprint density at radius 3 is 3.22 bits per heavy atom. The Labute approximate surface area is 107 Å². The number of aromatic nitrogens is 1. The lowest BCUT2D eigenvalue weighted by Crippen LogP contribution is -2.44. The van der Waals surface area contributed by atoms with Crippen LogP contribution in [0.2, 0.25) is 0 Å². The monoisotopic (exact) mass is 245 g/mol. The fourth-order valence-corrected chi connectivity index (χ4v) is 3.37. The number of hydrogen-bond donors (Lipinski definition) is 2. The number of nitrogens with one attached hydrogen (secondary N) is 2. The fourth-order valence-electron chi connectivity index (χ4n) is 3.37. The van der Waals surface area contributed by atoms with Crippen LogP contribution in [0, 0.1) is 11.3 Å². The lowest BCUT2D eigenvalue weighted by molar-refractivity contribution is -0.128. The molecule has 1 aromatic rings. The maximum Gasteiger partial charge on any atom is 0.233 e. The Kier molecular flexibility index (Phi) is 3.04. The Morgan fingerprint density at radius 1 is 1.44 bits per heavy atom. The molecule has 2 atom stereocenters. The average molecular weight is 245 g/mol. The molecule has 2 N–H and O–H groups in total. The maximum atomic E-state index is 12.6. The smallest absolute Gasteiger partial charge is 0.233 e. The van der Waals surface area contributed by atoms with E-state index in [1.807, 2.05) is 18.2 Å². The van der Waals surface area contributed by atoms with E-state index in [1.54, 1.807) is 6.20 Å². The minimum atomic E-state index is -0.199. The van der Waals surface area contributed by atoms with Crippen LogP contribution in [0.5, 0.6) is 0 Å². The molecule has 2 heterocycles. The maximum absolute atomic E-state index is 12.6. The van der Waals surface area contributed by atoms with Gasteiger partial charge in [-0.1, -0.05) is 18.9 Å². The van der Waals surface area contributed by atoms with Gasteiger partial charge in [0.15, 0.2) is 0 Å². The first-order chi connectivity index (χ1) is 8.81. The van der Waals surface area contributed by atoms with E-state index < -0.39 is 0 Å². The molecule has 1 saturated carbocycles. The first kappa shape index (κ1) is 11.7. The summed E-state index contributed by atoms with van der Waals surface area (Å²) in [5, 5.41) is 6.37. The minimum absolute atomic E-state index is 0.149. The SMILES string of the molecule is O=C(Nc1ccccn1)[C@@]12CCCC[C@H]1CNC2. The molecule has 4 nitrogen and oxygen atoms in total. The predicted octanol–water partition coefficient (Wildman–Crippen LogP) is 1.80. The van der Waals surface area contributed by atoms with Crippen LogP contribution in [0.25, 0.3) is 0 Å². The van der Waals surface area contributed by atoms with Crippen molar-refractivity contribution in [2.45, 2.75) is 25.7 Å². The van der Waals surface area contributed by atoms with Gasteiger partial charge in [0.25, 0.3) is 0 Å². The molecule has 1 aromatic heterocycles. The van der Waals surface area contributed by atoms with E-state index in [-0.39, 0.29) is 11.3 Å². The zero-order chi connectivity index (χ0) is 12.4. The lowest BCUT2D eigenvalue weighted by Gasteiger charge is -2.36. The van der Waals surface area contributed by atoms with Crippen molar-refractivity contribution in [3.63, 3.8) is 0 Å². The first-order valence-corrected chi connectivity index (χ1v) is 6.74. The number of carbonyl (C=O) groups is 1. The second kappa shape index (κ2) is 4.69. The molecule has 18 heavy (non-hydrogen) atoms. The molecule has 2 fully saturated rings. The zero-order valence-electron chi connectivity index (χ0n) is 10.5. The van der Waals surface area contributed by atoms with Crippen molar-refractivity contribution in [2.24, 2.45) is 11.3 Å². The third-order valence-corrected chi connectivity index (χ3v) is 4.40. The van der Waals surface area contributed by atoms with E-state index in [0.29, 0.717) is 11.7 Å². The summed E-state index contributed by atoms with van der Waals surface area (Å²) < 4.78 is 0. The summed E-state index contributed by atoms with van der Waals surface area (Å²) in [7, 11) is 0. The molecular weight excluding hydrogens is 226 g/mol. The number of carbonyl (C=O) groups excluding carboxylic acids is 1. The third-order valence-electron chi connectivity index (χ3n) is 4.40. The zero-order valence-corrected chi connectivity index (χ0v) is 10.5. The van der Waals surface area contributed by atoms with E-state index >= 15 is 0 Å². The van der Waals surface area contributed by atoms with Gasteiger partial charge in [-0.15, -0.1) is 0 Å². The number of anilines is 1. The molecule has 0 radical (unpaired) electrons. The summed E-state index contributed by atoms with van der Waals surface area (Å²) in [6, 6.07) is 5.59. The van der Waals surface area contributed by atoms with E-state index in [9.17, 15) is 4.79 Å². The van der Waals surface area contributed by atoms with Crippen LogP contribution in [-0.4, -0.2) is 24.0 Å². The molecule has 0 bridgehead atoms. The van der Waals surface area contributed by atoms with Crippen LogP contribution in [0.1, 0.15) is 25.7 Å². The molecule has 1 amide bonds. The molecule has 0 aromatic carbocycles. The van der Waals surface area contributed by atoms with Gasteiger partial charge in [-0.05, 0) is 37.4 Å². The highest BCUT2D eigenvalue weighted by atomic mass is 16.2. The van der Waals surface area contributed by atoms with Crippen LogP contribution < -0.4 is 10.6 Å². The predicted molar refractivity (Wildman–Crippen MR) is 70.1 cm³/mol. The standard InChI is InChI=1S/C14H19N3O/c18-13(17-12-6-2-4-8-16-12)14-7-3-1-5-11(14)9-15-10-14/h2,4,6,8,11,15H,1,3,5,7,9-10H2,(H,16,17,18)/t11-,14+/m0/s1. The highest BCUT2D eigenvalue weighted by Gasteiger charge is 2.49. The summed E-state index contributed by atoms with van der Waals surface area (Å²) >= 11 is 0. The number of nitrogens with zero attached hydrogens (tertiary/aromatic N) is 1. The van der Waals surface area contributed by atoms with E-state index in [0.717, 1.165) is 25.9 Å². The van der Waals surface area contributed by atoms with Gasteiger partial charge in [-0.2, -0.15) is 0 Å². The summed E-state index contributed by atoms with van der Waals surface area (Å²) in [5.41, 5.74) is -0.199. The second-order valence-electron chi connectivity index (χ2n) is 5.40. The van der Waals surface area contributed by atoms with Crippen molar-refractivity contribution in [1.29, 1.82) is 0 Å². The fraction of sp³-hybridized carbons (Fsp3) is 0.571. The summed E-state index contributed by atoms with van der Waals surface area (Å²) in [5.74, 6) is 1.30. The second-order valence-corrected chi connectivity index (χ2v) is 5.40. The molecule has 96 valence electrons. The minimum Gasteiger partial charge on any atom is -0.315 e. The summed E-state index contributed by atoms with van der Waals surface area (Å²) in [6.45, 7) is 1.80. The molecule has 2 aliphatic rings. The Hall–Kier alpha value is -1.42. The quantitative estimate of drug-likeness (QED) is 0.835. The first-order valence-electron chi connectivity index (χ1n) is 6.74. The van der Waals surface area contributed by atoms with Crippen molar-refractivity contribution in [3.05, 3.63) is 24.4 Å². The highest BCUT2D eigenvalue weighted by molar-refractivity contribution is 5.95. The van der Waals surface area contributed by atoms with Gasteiger partial charge < -0.3 is 10.6 Å². The summed E-state index contributed by atoms with van der Waals surface area (Å²) in [6.07, 6.45) is 6.29. The van der Waals surface area contributed by atoms with Gasteiger partial charge in [0, 0.05) is 12.7 Å².